The van der Waals surface area contributed by atoms with Crippen molar-refractivity contribution in [1.29, 1.82) is 0 Å². The molecule has 0 heteroatoms. The minimum atomic E-state index is 1.21. The molecule has 66 heavy (non-hydrogen) atoms. The smallest absolute Gasteiger partial charge is 0.000719 e. The molecule has 0 aliphatic carbocycles. The molecule has 0 heterocycles. The molecule has 302 valence electrons. The fraction of sp³-hybridized carbons (Fsp3) is 0. The Balaban J connectivity index is 1.19. The quantitative estimate of drug-likeness (QED) is 0.152. The summed E-state index contributed by atoms with van der Waals surface area (Å²) in [6.45, 7) is 0. The zero-order valence-corrected chi connectivity index (χ0v) is 35.9. The largest absolute Gasteiger partial charge is 0.0622 e. The van der Waals surface area contributed by atoms with E-state index in [-0.39, 0.29) is 0 Å². The zero-order chi connectivity index (χ0) is 43.0. The lowest BCUT2D eigenvalue weighted by molar-refractivity contribution is 1.61. The highest BCUT2D eigenvalue weighted by molar-refractivity contribution is 6.44. The second-order valence-electron chi connectivity index (χ2n) is 18.2. The number of fused-ring (bicyclic) bond motifs is 7. The zero-order valence-electron chi connectivity index (χ0n) is 35.9. The van der Waals surface area contributed by atoms with Gasteiger partial charge in [-0.2, -0.15) is 0 Å². The normalized spacial score (nSPS) is 12.2. The maximum atomic E-state index is 2.59. The van der Waals surface area contributed by atoms with Crippen LogP contribution < -0.4 is 0 Å². The molecule has 0 spiro atoms. The van der Waals surface area contributed by atoms with Crippen molar-refractivity contribution in [2.24, 2.45) is 0 Å². The molecule has 0 aliphatic rings. The topological polar surface area (TPSA) is 0 Å². The second-order valence-corrected chi connectivity index (χ2v) is 18.2. The lowest BCUT2D eigenvalue weighted by Gasteiger charge is -2.21. The molecule has 15 aromatic rings. The highest BCUT2D eigenvalue weighted by Crippen LogP contribution is 2.56. The van der Waals surface area contributed by atoms with Crippen LogP contribution in [-0.4, -0.2) is 0 Å². The van der Waals surface area contributed by atoms with E-state index in [2.05, 4.69) is 231 Å². The SMILES string of the molecule is c1ccc(-c2cc3ccc4ccc5c6cc7c(-c8ccccc8-c8ccccc8)c8c9cccc%10cccc(c8c(-c8ccccc8-c8ccccc8)c7cc6c6cc(c2)c3c4c56)c%109)cc1. The van der Waals surface area contributed by atoms with Crippen molar-refractivity contribution in [2.75, 3.05) is 0 Å². The summed E-state index contributed by atoms with van der Waals surface area (Å²) in [6, 6.07) is 86.7. The summed E-state index contributed by atoms with van der Waals surface area (Å²) < 4.78 is 0. The van der Waals surface area contributed by atoms with Crippen LogP contribution in [0.15, 0.2) is 231 Å². The van der Waals surface area contributed by atoms with Gasteiger partial charge in [0.1, 0.15) is 0 Å². The maximum absolute atomic E-state index is 2.59. The molecule has 0 atom stereocenters. The molecule has 0 saturated heterocycles. The summed E-state index contributed by atoms with van der Waals surface area (Å²) in [7, 11) is 0. The Hall–Kier alpha value is -8.58. The van der Waals surface area contributed by atoms with Crippen molar-refractivity contribution < 1.29 is 0 Å². The highest BCUT2D eigenvalue weighted by atomic mass is 14.3. The average Bonchev–Trinajstić information content (AvgIpc) is 3.88. The fourth-order valence-corrected chi connectivity index (χ4v) is 12.1. The van der Waals surface area contributed by atoms with E-state index in [1.54, 1.807) is 0 Å². The van der Waals surface area contributed by atoms with Crippen LogP contribution in [0.1, 0.15) is 0 Å². The van der Waals surface area contributed by atoms with E-state index < -0.39 is 0 Å². The third kappa shape index (κ3) is 4.88. The predicted molar refractivity (Wildman–Crippen MR) is 285 cm³/mol. The summed E-state index contributed by atoms with van der Waals surface area (Å²) in [6.07, 6.45) is 0. The molecule has 15 aromatic carbocycles. The second kappa shape index (κ2) is 13.5. The third-order valence-corrected chi connectivity index (χ3v) is 14.8. The lowest BCUT2D eigenvalue weighted by atomic mass is 9.82. The van der Waals surface area contributed by atoms with Gasteiger partial charge in [-0.25, -0.2) is 0 Å². The van der Waals surface area contributed by atoms with Gasteiger partial charge in [0.15, 0.2) is 0 Å². The van der Waals surface area contributed by atoms with Gasteiger partial charge in [0.2, 0.25) is 0 Å². The van der Waals surface area contributed by atoms with Gasteiger partial charge in [-0.15, -0.1) is 0 Å². The Morgan fingerprint density at radius 3 is 1.23 bits per heavy atom. The Bertz CT molecular complexity index is 4400. The van der Waals surface area contributed by atoms with Gasteiger partial charge in [0.05, 0.1) is 0 Å². The van der Waals surface area contributed by atoms with Gasteiger partial charge < -0.3 is 0 Å². The van der Waals surface area contributed by atoms with Crippen LogP contribution in [0.25, 0.3) is 153 Å². The summed E-state index contributed by atoms with van der Waals surface area (Å²) in [5.74, 6) is 0. The lowest BCUT2D eigenvalue weighted by Crippen LogP contribution is -1.93. The third-order valence-electron chi connectivity index (χ3n) is 14.8. The molecule has 0 nitrogen and oxygen atoms in total. The molecular weight excluding hydrogens is 793 g/mol. The van der Waals surface area contributed by atoms with E-state index in [0.29, 0.717) is 0 Å². The van der Waals surface area contributed by atoms with Crippen molar-refractivity contribution in [2.45, 2.75) is 0 Å². The van der Waals surface area contributed by atoms with Crippen LogP contribution in [0.4, 0.5) is 0 Å². The molecule has 0 aromatic heterocycles. The van der Waals surface area contributed by atoms with Crippen molar-refractivity contribution in [3.63, 3.8) is 0 Å². The molecule has 0 unspecified atom stereocenters. The number of hydrogen-bond acceptors (Lipinski definition) is 0. The van der Waals surface area contributed by atoms with E-state index >= 15 is 0 Å². The summed E-state index contributed by atoms with van der Waals surface area (Å²) in [5, 5.41) is 23.5. The van der Waals surface area contributed by atoms with Crippen LogP contribution >= 0.6 is 0 Å². The first-order valence-electron chi connectivity index (χ1n) is 23.1. The van der Waals surface area contributed by atoms with Crippen LogP contribution in [-0.2, 0) is 0 Å². The van der Waals surface area contributed by atoms with Gasteiger partial charge >= 0.3 is 0 Å². The Labute approximate surface area is 381 Å². The van der Waals surface area contributed by atoms with Crippen molar-refractivity contribution in [1.82, 2.24) is 0 Å². The van der Waals surface area contributed by atoms with Gasteiger partial charge in [0, 0.05) is 0 Å². The fourth-order valence-electron chi connectivity index (χ4n) is 12.1. The van der Waals surface area contributed by atoms with Gasteiger partial charge in [-0.3, -0.25) is 0 Å². The minimum absolute atomic E-state index is 1.21. The standard InChI is InChI=1S/C66H38/c1-4-16-39(17-5-1)45-34-44-31-30-43-32-33-51-54-37-57-58(38-55(54)56-36-46(35-45)59(44)61(43)62(51)56)64(50-27-13-11-25-48(50)41-20-8-3-9-21-41)66-53-29-15-23-42-22-14-28-52(60(42)53)65(66)63(57)49-26-12-10-24-47(49)40-18-6-2-7-19-40/h1-38H. The molecule has 0 radical (unpaired) electrons. The van der Waals surface area contributed by atoms with E-state index in [9.17, 15) is 0 Å². The van der Waals surface area contributed by atoms with Gasteiger partial charge in [-0.1, -0.05) is 200 Å². The van der Waals surface area contributed by atoms with E-state index in [0.717, 1.165) is 0 Å². The molecule has 0 N–H and O–H groups in total. The summed E-state index contributed by atoms with van der Waals surface area (Å²) in [5.41, 5.74) is 12.5. The van der Waals surface area contributed by atoms with Crippen LogP contribution in [0.2, 0.25) is 0 Å². The predicted octanol–water partition coefficient (Wildman–Crippen LogP) is 18.7. The van der Waals surface area contributed by atoms with Crippen LogP contribution in [0.3, 0.4) is 0 Å². The summed E-state index contributed by atoms with van der Waals surface area (Å²) in [4.78, 5) is 0. The molecule has 0 fully saturated rings. The maximum Gasteiger partial charge on any atom is -0.000719 e. The van der Waals surface area contributed by atoms with Crippen molar-refractivity contribution in [3.8, 4) is 55.6 Å². The van der Waals surface area contributed by atoms with E-state index in [1.165, 1.54) is 153 Å². The molecule has 15 rings (SSSR count). The molecule has 0 saturated carbocycles. The summed E-state index contributed by atoms with van der Waals surface area (Å²) >= 11 is 0. The first kappa shape index (κ1) is 35.8. The first-order chi connectivity index (χ1) is 32.8. The molecule has 0 bridgehead atoms. The minimum Gasteiger partial charge on any atom is -0.0622 e. The van der Waals surface area contributed by atoms with Crippen LogP contribution in [0.5, 0.6) is 0 Å². The van der Waals surface area contributed by atoms with Crippen molar-refractivity contribution in [3.05, 3.63) is 231 Å². The van der Waals surface area contributed by atoms with Gasteiger partial charge in [-0.05, 0) is 183 Å². The monoisotopic (exact) mass is 830 g/mol. The number of hydrogen-bond donors (Lipinski definition) is 0. The number of benzene rings is 13. The first-order valence-corrected chi connectivity index (χ1v) is 23.1. The number of rotatable bonds is 5. The molecule has 0 aliphatic heterocycles. The molecular formula is C66H38. The van der Waals surface area contributed by atoms with Crippen LogP contribution in [0, 0.1) is 0 Å². The average molecular weight is 831 g/mol. The highest BCUT2D eigenvalue weighted by Gasteiger charge is 2.28. The Morgan fingerprint density at radius 2 is 0.636 bits per heavy atom. The molecule has 0 amide bonds. The van der Waals surface area contributed by atoms with Gasteiger partial charge in [0.25, 0.3) is 0 Å². The Morgan fingerprint density at radius 1 is 0.167 bits per heavy atom. The van der Waals surface area contributed by atoms with E-state index in [4.69, 9.17) is 0 Å². The van der Waals surface area contributed by atoms with E-state index in [1.807, 2.05) is 0 Å². The Kier molecular flexibility index (Phi) is 7.31. The van der Waals surface area contributed by atoms with Crippen molar-refractivity contribution >= 4 is 97.0 Å².